The van der Waals surface area contributed by atoms with Crippen molar-refractivity contribution in [1.29, 1.82) is 0 Å². The van der Waals surface area contributed by atoms with Crippen LogP contribution in [0.4, 0.5) is 4.39 Å². The van der Waals surface area contributed by atoms with Gasteiger partial charge in [-0.15, -0.1) is 0 Å². The fourth-order valence-corrected chi connectivity index (χ4v) is 1.49. The lowest BCUT2D eigenvalue weighted by atomic mass is 10.1. The van der Waals surface area contributed by atoms with E-state index in [1.165, 1.54) is 6.07 Å². The molecule has 0 unspecified atom stereocenters. The van der Waals surface area contributed by atoms with Crippen molar-refractivity contribution in [3.05, 3.63) is 54.4 Å². The highest BCUT2D eigenvalue weighted by atomic mass is 19.1. The Labute approximate surface area is 92.5 Å². The van der Waals surface area contributed by atoms with Crippen molar-refractivity contribution < 1.29 is 9.18 Å². The first-order valence-electron chi connectivity index (χ1n) is 4.96. The SMILES string of the molecule is O=C(Cc1ccccc1F)Cn1ccnc1. The summed E-state index contributed by atoms with van der Waals surface area (Å²) in [6.45, 7) is 0.230. The number of hydrogen-bond acceptors (Lipinski definition) is 2. The van der Waals surface area contributed by atoms with Crippen molar-refractivity contribution in [3.63, 3.8) is 0 Å². The summed E-state index contributed by atoms with van der Waals surface area (Å²) in [5, 5.41) is 0. The molecule has 3 nitrogen and oxygen atoms in total. The first kappa shape index (κ1) is 10.5. The molecule has 1 aromatic carbocycles. The van der Waals surface area contributed by atoms with E-state index in [0.717, 1.165) is 0 Å². The number of Topliss-reactive ketones (excluding diaryl/α,β-unsaturated/α-hetero) is 1. The fraction of sp³-hybridized carbons (Fsp3) is 0.167. The van der Waals surface area contributed by atoms with Crippen molar-refractivity contribution in [1.82, 2.24) is 9.55 Å². The Kier molecular flexibility index (Phi) is 3.10. The predicted molar refractivity (Wildman–Crippen MR) is 57.3 cm³/mol. The van der Waals surface area contributed by atoms with Crippen LogP contribution in [-0.4, -0.2) is 15.3 Å². The molecular formula is C12H11FN2O. The van der Waals surface area contributed by atoms with Gasteiger partial charge < -0.3 is 4.57 Å². The minimum atomic E-state index is -0.332. The number of halogens is 1. The van der Waals surface area contributed by atoms with Crippen molar-refractivity contribution in [2.45, 2.75) is 13.0 Å². The van der Waals surface area contributed by atoms with Crippen LogP contribution in [-0.2, 0) is 17.8 Å². The van der Waals surface area contributed by atoms with Gasteiger partial charge in [-0.3, -0.25) is 4.79 Å². The number of benzene rings is 1. The van der Waals surface area contributed by atoms with E-state index in [2.05, 4.69) is 4.98 Å². The summed E-state index contributed by atoms with van der Waals surface area (Å²) in [6, 6.07) is 6.32. The largest absolute Gasteiger partial charge is 0.330 e. The van der Waals surface area contributed by atoms with Crippen LogP contribution in [0, 0.1) is 5.82 Å². The van der Waals surface area contributed by atoms with Gasteiger partial charge in [0.1, 0.15) is 5.82 Å². The Bertz CT molecular complexity index is 480. The number of nitrogens with zero attached hydrogens (tertiary/aromatic N) is 2. The number of hydrogen-bond donors (Lipinski definition) is 0. The summed E-state index contributed by atoms with van der Waals surface area (Å²) in [6.07, 6.45) is 5.00. The first-order chi connectivity index (χ1) is 7.75. The average molecular weight is 218 g/mol. The fourth-order valence-electron chi connectivity index (χ4n) is 1.49. The number of carbonyl (C=O) groups excluding carboxylic acids is 1. The van der Waals surface area contributed by atoms with Crippen molar-refractivity contribution in [2.24, 2.45) is 0 Å². The maximum absolute atomic E-state index is 13.3. The minimum Gasteiger partial charge on any atom is -0.330 e. The van der Waals surface area contributed by atoms with Gasteiger partial charge in [-0.1, -0.05) is 18.2 Å². The standard InChI is InChI=1S/C12H11FN2O/c13-12-4-2-1-3-10(12)7-11(16)8-15-6-5-14-9-15/h1-6,9H,7-8H2. The van der Waals surface area contributed by atoms with E-state index in [1.807, 2.05) is 0 Å². The van der Waals surface area contributed by atoms with Gasteiger partial charge in [-0.25, -0.2) is 9.37 Å². The van der Waals surface area contributed by atoms with Gasteiger partial charge in [0.05, 0.1) is 12.9 Å². The Morgan fingerprint density at radius 1 is 1.38 bits per heavy atom. The molecular weight excluding hydrogens is 207 g/mol. The van der Waals surface area contributed by atoms with Crippen molar-refractivity contribution in [3.8, 4) is 0 Å². The molecule has 0 aliphatic rings. The van der Waals surface area contributed by atoms with E-state index >= 15 is 0 Å². The molecule has 1 heterocycles. The van der Waals surface area contributed by atoms with Gasteiger partial charge in [0.2, 0.25) is 0 Å². The Morgan fingerprint density at radius 3 is 2.88 bits per heavy atom. The highest BCUT2D eigenvalue weighted by Crippen LogP contribution is 2.07. The second kappa shape index (κ2) is 4.70. The number of carbonyl (C=O) groups is 1. The molecule has 0 radical (unpaired) electrons. The summed E-state index contributed by atoms with van der Waals surface area (Å²) in [5.41, 5.74) is 0.438. The number of rotatable bonds is 4. The normalized spacial score (nSPS) is 10.3. The predicted octanol–water partition coefficient (Wildman–Crippen LogP) is 1.83. The third-order valence-electron chi connectivity index (χ3n) is 2.26. The molecule has 1 aromatic heterocycles. The maximum atomic E-state index is 13.3. The van der Waals surface area contributed by atoms with Gasteiger partial charge in [-0.2, -0.15) is 0 Å². The Hall–Kier alpha value is -1.97. The van der Waals surface area contributed by atoms with Crippen LogP contribution >= 0.6 is 0 Å². The highest BCUT2D eigenvalue weighted by Gasteiger charge is 2.07. The smallest absolute Gasteiger partial charge is 0.157 e. The molecule has 0 saturated heterocycles. The zero-order valence-corrected chi connectivity index (χ0v) is 8.64. The average Bonchev–Trinajstić information content (AvgIpc) is 2.74. The molecule has 0 bridgehead atoms. The summed E-state index contributed by atoms with van der Waals surface area (Å²) in [7, 11) is 0. The lowest BCUT2D eigenvalue weighted by Gasteiger charge is -2.03. The lowest BCUT2D eigenvalue weighted by Crippen LogP contribution is -2.12. The maximum Gasteiger partial charge on any atom is 0.157 e. The van der Waals surface area contributed by atoms with Gasteiger partial charge in [0.15, 0.2) is 5.78 Å². The van der Waals surface area contributed by atoms with Gasteiger partial charge >= 0.3 is 0 Å². The van der Waals surface area contributed by atoms with Crippen LogP contribution < -0.4 is 0 Å². The van der Waals surface area contributed by atoms with Crippen LogP contribution in [0.25, 0.3) is 0 Å². The molecule has 0 spiro atoms. The van der Waals surface area contributed by atoms with E-state index in [4.69, 9.17) is 0 Å². The minimum absolute atomic E-state index is 0.0388. The number of imidazole rings is 1. The van der Waals surface area contributed by atoms with Gasteiger partial charge in [-0.05, 0) is 11.6 Å². The Balaban J connectivity index is 2.00. The zero-order chi connectivity index (χ0) is 11.4. The van der Waals surface area contributed by atoms with Crippen LogP contribution in [0.15, 0.2) is 43.0 Å². The number of ketones is 1. The van der Waals surface area contributed by atoms with Crippen LogP contribution in [0.3, 0.4) is 0 Å². The summed E-state index contributed by atoms with van der Waals surface area (Å²) in [5.74, 6) is -0.371. The topological polar surface area (TPSA) is 34.9 Å². The van der Waals surface area contributed by atoms with Crippen LogP contribution in [0.1, 0.15) is 5.56 Å². The summed E-state index contributed by atoms with van der Waals surface area (Å²) >= 11 is 0. The third kappa shape index (κ3) is 2.53. The quantitative estimate of drug-likeness (QED) is 0.784. The van der Waals surface area contributed by atoms with E-state index < -0.39 is 0 Å². The monoisotopic (exact) mass is 218 g/mol. The molecule has 4 heteroatoms. The van der Waals surface area contributed by atoms with Gasteiger partial charge in [0, 0.05) is 18.8 Å². The molecule has 0 atom stereocenters. The summed E-state index contributed by atoms with van der Waals surface area (Å²) in [4.78, 5) is 15.5. The molecule has 0 saturated carbocycles. The van der Waals surface area contributed by atoms with E-state index in [1.54, 1.807) is 41.5 Å². The number of aromatic nitrogens is 2. The molecule has 2 aromatic rings. The Morgan fingerprint density at radius 2 is 2.19 bits per heavy atom. The molecule has 0 N–H and O–H groups in total. The lowest BCUT2D eigenvalue weighted by molar-refractivity contribution is -0.119. The van der Waals surface area contributed by atoms with Crippen molar-refractivity contribution in [2.75, 3.05) is 0 Å². The van der Waals surface area contributed by atoms with E-state index in [0.29, 0.717) is 5.56 Å². The molecule has 0 aliphatic heterocycles. The van der Waals surface area contributed by atoms with E-state index in [9.17, 15) is 9.18 Å². The molecule has 0 fully saturated rings. The molecule has 0 aliphatic carbocycles. The second-order valence-corrected chi connectivity index (χ2v) is 3.54. The molecule has 16 heavy (non-hydrogen) atoms. The second-order valence-electron chi connectivity index (χ2n) is 3.54. The first-order valence-corrected chi connectivity index (χ1v) is 4.96. The van der Waals surface area contributed by atoms with Crippen molar-refractivity contribution >= 4 is 5.78 Å². The molecule has 2 rings (SSSR count). The molecule has 82 valence electrons. The molecule has 0 amide bonds. The zero-order valence-electron chi connectivity index (χ0n) is 8.64. The highest BCUT2D eigenvalue weighted by molar-refractivity contribution is 5.80. The van der Waals surface area contributed by atoms with Crippen LogP contribution in [0.2, 0.25) is 0 Å². The van der Waals surface area contributed by atoms with Gasteiger partial charge in [0.25, 0.3) is 0 Å². The summed E-state index contributed by atoms with van der Waals surface area (Å²) < 4.78 is 14.9. The van der Waals surface area contributed by atoms with E-state index in [-0.39, 0.29) is 24.6 Å². The third-order valence-corrected chi connectivity index (χ3v) is 2.26. The van der Waals surface area contributed by atoms with Crippen LogP contribution in [0.5, 0.6) is 0 Å².